The first-order valence-corrected chi connectivity index (χ1v) is 12.2. The molecule has 7 heteroatoms. The molecule has 32 heavy (non-hydrogen) atoms. The van der Waals surface area contributed by atoms with Gasteiger partial charge in [0, 0.05) is 17.4 Å². The molecule has 2 aromatic heterocycles. The van der Waals surface area contributed by atoms with Crippen LogP contribution >= 0.6 is 11.8 Å². The third-order valence-electron chi connectivity index (χ3n) is 6.13. The highest BCUT2D eigenvalue weighted by molar-refractivity contribution is 7.98. The Morgan fingerprint density at radius 3 is 2.38 bits per heavy atom. The van der Waals surface area contributed by atoms with Crippen LogP contribution in [0.15, 0.2) is 53.7 Å². The maximum Gasteiger partial charge on any atom is 0.192 e. The van der Waals surface area contributed by atoms with Crippen LogP contribution in [0.25, 0.3) is 22.4 Å². The number of aromatic nitrogens is 5. The Bertz CT molecular complexity index is 1210. The first kappa shape index (κ1) is 20.9. The Morgan fingerprint density at radius 1 is 0.938 bits per heavy atom. The molecule has 1 fully saturated rings. The zero-order valence-corrected chi connectivity index (χ0v) is 19.3. The van der Waals surface area contributed by atoms with E-state index in [9.17, 15) is 0 Å². The normalized spacial score (nSPS) is 14.7. The molecule has 0 radical (unpaired) electrons. The zero-order valence-electron chi connectivity index (χ0n) is 18.5. The van der Waals surface area contributed by atoms with Crippen LogP contribution in [-0.4, -0.2) is 31.8 Å². The molecule has 1 aliphatic rings. The lowest BCUT2D eigenvalue weighted by Gasteiger charge is -2.25. The number of hydrogen-bond acceptors (Lipinski definition) is 6. The quantitative estimate of drug-likeness (QED) is 0.339. The van der Waals surface area contributed by atoms with Crippen molar-refractivity contribution in [2.24, 2.45) is 0 Å². The summed E-state index contributed by atoms with van der Waals surface area (Å²) < 4.78 is 7.68. The fourth-order valence-electron chi connectivity index (χ4n) is 4.38. The van der Waals surface area contributed by atoms with Gasteiger partial charge in [-0.05, 0) is 56.2 Å². The summed E-state index contributed by atoms with van der Waals surface area (Å²) in [7, 11) is 1.69. The Hall–Kier alpha value is -2.93. The van der Waals surface area contributed by atoms with Crippen molar-refractivity contribution in [3.05, 3.63) is 59.9 Å². The molecule has 0 aliphatic heterocycles. The van der Waals surface area contributed by atoms with Crippen LogP contribution < -0.4 is 4.74 Å². The SMILES string of the molecule is COc1ccc(-c2nnc(SCc3nc4ccccc4nc3C)n2C2CCCCC2)cc1. The van der Waals surface area contributed by atoms with Gasteiger partial charge < -0.3 is 4.74 Å². The lowest BCUT2D eigenvalue weighted by Crippen LogP contribution is -2.15. The molecule has 0 saturated heterocycles. The van der Waals surface area contributed by atoms with Crippen LogP contribution in [0.1, 0.15) is 49.5 Å². The van der Waals surface area contributed by atoms with E-state index in [4.69, 9.17) is 14.7 Å². The summed E-state index contributed by atoms with van der Waals surface area (Å²) in [5.74, 6) is 2.50. The average molecular weight is 446 g/mol. The summed E-state index contributed by atoms with van der Waals surface area (Å²) in [6, 6.07) is 16.6. The highest BCUT2D eigenvalue weighted by Gasteiger charge is 2.24. The molecule has 2 aromatic carbocycles. The van der Waals surface area contributed by atoms with Gasteiger partial charge in [-0.2, -0.15) is 0 Å². The Kier molecular flexibility index (Phi) is 6.08. The fraction of sp³-hybridized carbons (Fsp3) is 0.360. The second-order valence-electron chi connectivity index (χ2n) is 8.23. The van der Waals surface area contributed by atoms with E-state index in [1.165, 1.54) is 32.1 Å². The van der Waals surface area contributed by atoms with Gasteiger partial charge in [0.15, 0.2) is 11.0 Å². The van der Waals surface area contributed by atoms with E-state index < -0.39 is 0 Å². The van der Waals surface area contributed by atoms with Crippen LogP contribution in [0.5, 0.6) is 5.75 Å². The van der Waals surface area contributed by atoms with E-state index in [-0.39, 0.29) is 0 Å². The van der Waals surface area contributed by atoms with Crippen molar-refractivity contribution >= 4 is 22.8 Å². The summed E-state index contributed by atoms with van der Waals surface area (Å²) in [4.78, 5) is 9.60. The predicted molar refractivity (Wildman–Crippen MR) is 128 cm³/mol. The molecule has 2 heterocycles. The first-order chi connectivity index (χ1) is 15.7. The molecule has 0 bridgehead atoms. The number of methoxy groups -OCH3 is 1. The smallest absolute Gasteiger partial charge is 0.192 e. The molecule has 0 unspecified atom stereocenters. The summed E-state index contributed by atoms with van der Waals surface area (Å²) in [5.41, 5.74) is 4.90. The van der Waals surface area contributed by atoms with Gasteiger partial charge in [0.1, 0.15) is 5.75 Å². The monoisotopic (exact) mass is 445 g/mol. The Labute approximate surface area is 192 Å². The van der Waals surface area contributed by atoms with Gasteiger partial charge in [-0.1, -0.05) is 43.2 Å². The van der Waals surface area contributed by atoms with Crippen molar-refractivity contribution in [2.45, 2.75) is 56.0 Å². The standard InChI is InChI=1S/C25H27N5OS/c1-17-23(27-22-11-7-6-10-21(22)26-17)16-32-25-29-28-24(18-12-14-20(31-2)15-13-18)30(25)19-8-4-3-5-9-19/h6-7,10-15,19H,3-5,8-9,16H2,1-2H3. The molecule has 6 nitrogen and oxygen atoms in total. The fourth-order valence-corrected chi connectivity index (χ4v) is 5.39. The number of thioether (sulfide) groups is 1. The minimum absolute atomic E-state index is 0.433. The van der Waals surface area contributed by atoms with E-state index in [0.29, 0.717) is 6.04 Å². The molecule has 4 aromatic rings. The van der Waals surface area contributed by atoms with Gasteiger partial charge in [0.2, 0.25) is 0 Å². The minimum Gasteiger partial charge on any atom is -0.497 e. The maximum atomic E-state index is 5.33. The van der Waals surface area contributed by atoms with E-state index in [1.54, 1.807) is 18.9 Å². The predicted octanol–water partition coefficient (Wildman–Crippen LogP) is 6.00. The molecule has 0 atom stereocenters. The zero-order chi connectivity index (χ0) is 21.9. The second kappa shape index (κ2) is 9.28. The number of para-hydroxylation sites is 2. The van der Waals surface area contributed by atoms with Gasteiger partial charge in [-0.15, -0.1) is 10.2 Å². The highest BCUT2D eigenvalue weighted by atomic mass is 32.2. The van der Waals surface area contributed by atoms with Crippen LogP contribution in [0.3, 0.4) is 0 Å². The number of benzene rings is 2. The molecule has 1 saturated carbocycles. The van der Waals surface area contributed by atoms with Crippen LogP contribution in [0.4, 0.5) is 0 Å². The van der Waals surface area contributed by atoms with Crippen molar-refractivity contribution in [1.82, 2.24) is 24.7 Å². The number of fused-ring (bicyclic) bond motifs is 1. The number of rotatable bonds is 6. The molecular weight excluding hydrogens is 418 g/mol. The van der Waals surface area contributed by atoms with Gasteiger partial charge >= 0.3 is 0 Å². The average Bonchev–Trinajstić information content (AvgIpc) is 3.27. The number of aryl methyl sites for hydroxylation is 1. The number of hydrogen-bond donors (Lipinski definition) is 0. The number of ether oxygens (including phenoxy) is 1. The molecule has 0 spiro atoms. The summed E-state index contributed by atoms with van der Waals surface area (Å²) in [6.45, 7) is 2.03. The first-order valence-electron chi connectivity index (χ1n) is 11.2. The topological polar surface area (TPSA) is 65.7 Å². The van der Waals surface area contributed by atoms with Crippen LogP contribution in [0.2, 0.25) is 0 Å². The largest absolute Gasteiger partial charge is 0.497 e. The molecule has 0 N–H and O–H groups in total. The summed E-state index contributed by atoms with van der Waals surface area (Å²) in [5, 5.41) is 10.2. The van der Waals surface area contributed by atoms with Crippen molar-refractivity contribution < 1.29 is 4.74 Å². The van der Waals surface area contributed by atoms with Crippen LogP contribution in [-0.2, 0) is 5.75 Å². The van der Waals surface area contributed by atoms with Crippen molar-refractivity contribution in [1.29, 1.82) is 0 Å². The molecule has 164 valence electrons. The summed E-state index contributed by atoms with van der Waals surface area (Å²) >= 11 is 1.70. The summed E-state index contributed by atoms with van der Waals surface area (Å²) in [6.07, 6.45) is 6.16. The number of nitrogens with zero attached hydrogens (tertiary/aromatic N) is 5. The molecule has 5 rings (SSSR count). The Balaban J connectivity index is 1.46. The minimum atomic E-state index is 0.433. The van der Waals surface area contributed by atoms with E-state index in [1.807, 2.05) is 43.3 Å². The van der Waals surface area contributed by atoms with Gasteiger partial charge in [0.05, 0.1) is 29.5 Å². The van der Waals surface area contributed by atoms with Crippen molar-refractivity contribution in [3.63, 3.8) is 0 Å². The van der Waals surface area contributed by atoms with Gasteiger partial charge in [-0.3, -0.25) is 4.57 Å². The third kappa shape index (κ3) is 4.21. The van der Waals surface area contributed by atoms with E-state index in [0.717, 1.165) is 50.5 Å². The highest BCUT2D eigenvalue weighted by Crippen LogP contribution is 2.36. The lowest BCUT2D eigenvalue weighted by atomic mass is 9.95. The molecule has 0 amide bonds. The second-order valence-corrected chi connectivity index (χ2v) is 9.17. The van der Waals surface area contributed by atoms with Crippen LogP contribution in [0, 0.1) is 6.92 Å². The molecular formula is C25H27N5OS. The maximum absolute atomic E-state index is 5.33. The Morgan fingerprint density at radius 2 is 1.66 bits per heavy atom. The van der Waals surface area contributed by atoms with E-state index in [2.05, 4.69) is 26.9 Å². The third-order valence-corrected chi connectivity index (χ3v) is 7.09. The van der Waals surface area contributed by atoms with E-state index >= 15 is 0 Å². The van der Waals surface area contributed by atoms with Crippen molar-refractivity contribution in [3.8, 4) is 17.1 Å². The van der Waals surface area contributed by atoms with Gasteiger partial charge in [0.25, 0.3) is 0 Å². The van der Waals surface area contributed by atoms with Crippen molar-refractivity contribution in [2.75, 3.05) is 7.11 Å². The lowest BCUT2D eigenvalue weighted by molar-refractivity contribution is 0.339. The van der Waals surface area contributed by atoms with Gasteiger partial charge in [-0.25, -0.2) is 9.97 Å². The molecule has 1 aliphatic carbocycles.